The van der Waals surface area contributed by atoms with Crippen LogP contribution in [0.3, 0.4) is 0 Å². The van der Waals surface area contributed by atoms with E-state index >= 15 is 0 Å². The normalized spacial score (nSPS) is 21.8. The molecule has 4 heteroatoms. The van der Waals surface area contributed by atoms with Crippen LogP contribution in [-0.2, 0) is 11.8 Å². The topological polar surface area (TPSA) is 34.5 Å². The van der Waals surface area contributed by atoms with E-state index in [4.69, 9.17) is 4.74 Å². The fraction of sp³-hybridized carbons (Fsp3) is 0.706. The van der Waals surface area contributed by atoms with Crippen molar-refractivity contribution in [3.63, 3.8) is 0 Å². The predicted molar refractivity (Wildman–Crippen MR) is 82.5 cm³/mol. The van der Waals surface area contributed by atoms with Crippen LogP contribution in [0.2, 0.25) is 0 Å². The van der Waals surface area contributed by atoms with Crippen LogP contribution in [0, 0.1) is 19.3 Å². The number of carbonyl (C=O) groups excluding carboxylic acids is 1. The molecular weight excluding hydrogens is 264 g/mol. The summed E-state index contributed by atoms with van der Waals surface area (Å²) in [6.45, 7) is 7.66. The van der Waals surface area contributed by atoms with Gasteiger partial charge in [0.05, 0.1) is 5.56 Å². The summed E-state index contributed by atoms with van der Waals surface area (Å²) in [4.78, 5) is 14.8. The standard InChI is InChI=1S/C17H26N2O2/c1-13-12-15(14(2)18(13)3)16(20)19-8-4-17(5-9-19)6-10-21-11-7-17/h12H,4-11H2,1-3H3. The van der Waals surface area contributed by atoms with Crippen LogP contribution < -0.4 is 0 Å². The molecule has 0 radical (unpaired) electrons. The van der Waals surface area contributed by atoms with E-state index in [1.54, 1.807) is 0 Å². The molecule has 1 spiro atoms. The van der Waals surface area contributed by atoms with Crippen molar-refractivity contribution in [3.05, 3.63) is 23.0 Å². The highest BCUT2D eigenvalue weighted by Gasteiger charge is 2.37. The number of likely N-dealkylation sites (tertiary alicyclic amines) is 1. The molecule has 0 bridgehead atoms. The molecule has 0 unspecified atom stereocenters. The van der Waals surface area contributed by atoms with Crippen molar-refractivity contribution >= 4 is 5.91 Å². The number of aryl methyl sites for hydroxylation is 1. The molecule has 0 atom stereocenters. The highest BCUT2D eigenvalue weighted by Crippen LogP contribution is 2.40. The average Bonchev–Trinajstić information content (AvgIpc) is 2.76. The molecule has 4 nitrogen and oxygen atoms in total. The number of piperidine rings is 1. The Morgan fingerprint density at radius 2 is 1.76 bits per heavy atom. The maximum absolute atomic E-state index is 12.7. The van der Waals surface area contributed by atoms with Crippen molar-refractivity contribution < 1.29 is 9.53 Å². The Kier molecular flexibility index (Phi) is 3.82. The molecule has 2 aliphatic rings. The predicted octanol–water partition coefficient (Wildman–Crippen LogP) is 2.67. The maximum atomic E-state index is 12.7. The van der Waals surface area contributed by atoms with E-state index < -0.39 is 0 Å². The SMILES string of the molecule is Cc1cc(C(=O)N2CCC3(CCOCC3)CC2)c(C)n1C. The minimum absolute atomic E-state index is 0.207. The van der Waals surface area contributed by atoms with E-state index in [0.29, 0.717) is 5.41 Å². The molecule has 1 aromatic heterocycles. The van der Waals surface area contributed by atoms with Crippen LogP contribution in [0.4, 0.5) is 0 Å². The number of aromatic nitrogens is 1. The van der Waals surface area contributed by atoms with Crippen molar-refractivity contribution in [2.24, 2.45) is 12.5 Å². The van der Waals surface area contributed by atoms with Crippen LogP contribution >= 0.6 is 0 Å². The number of nitrogens with zero attached hydrogens (tertiary/aromatic N) is 2. The molecule has 2 saturated heterocycles. The van der Waals surface area contributed by atoms with E-state index in [1.165, 1.54) is 12.8 Å². The molecule has 3 heterocycles. The monoisotopic (exact) mass is 290 g/mol. The second-order valence-electron chi connectivity index (χ2n) is 6.75. The van der Waals surface area contributed by atoms with Crippen molar-refractivity contribution in [1.29, 1.82) is 0 Å². The zero-order valence-electron chi connectivity index (χ0n) is 13.4. The zero-order valence-corrected chi connectivity index (χ0v) is 13.4. The molecule has 1 aromatic rings. The number of rotatable bonds is 1. The van der Waals surface area contributed by atoms with Crippen molar-refractivity contribution in [1.82, 2.24) is 9.47 Å². The summed E-state index contributed by atoms with van der Waals surface area (Å²) in [7, 11) is 2.02. The third-order valence-electron chi connectivity index (χ3n) is 5.67. The van der Waals surface area contributed by atoms with Gasteiger partial charge in [-0.2, -0.15) is 0 Å². The molecule has 21 heavy (non-hydrogen) atoms. The van der Waals surface area contributed by atoms with Crippen molar-refractivity contribution in [2.45, 2.75) is 39.5 Å². The Balaban J connectivity index is 1.69. The lowest BCUT2D eigenvalue weighted by molar-refractivity contribution is -0.0175. The van der Waals surface area contributed by atoms with Gasteiger partial charge < -0.3 is 14.2 Å². The molecule has 2 fully saturated rings. The lowest BCUT2D eigenvalue weighted by atomic mass is 9.72. The highest BCUT2D eigenvalue weighted by molar-refractivity contribution is 5.95. The maximum Gasteiger partial charge on any atom is 0.255 e. The first-order chi connectivity index (χ1) is 10.0. The van der Waals surface area contributed by atoms with Gasteiger partial charge in [-0.25, -0.2) is 0 Å². The molecule has 3 rings (SSSR count). The first-order valence-electron chi connectivity index (χ1n) is 8.02. The second kappa shape index (κ2) is 5.48. The average molecular weight is 290 g/mol. The van der Waals surface area contributed by atoms with Gasteiger partial charge in [0.1, 0.15) is 0 Å². The van der Waals surface area contributed by atoms with Crippen LogP contribution in [-0.4, -0.2) is 41.7 Å². The number of amides is 1. The Morgan fingerprint density at radius 1 is 1.14 bits per heavy atom. The van der Waals surface area contributed by atoms with Crippen molar-refractivity contribution in [3.8, 4) is 0 Å². The van der Waals surface area contributed by atoms with Crippen LogP contribution in [0.5, 0.6) is 0 Å². The summed E-state index contributed by atoms with van der Waals surface area (Å²) in [6, 6.07) is 2.02. The van der Waals surface area contributed by atoms with E-state index in [9.17, 15) is 4.79 Å². The van der Waals surface area contributed by atoms with Crippen LogP contribution in [0.25, 0.3) is 0 Å². The minimum atomic E-state index is 0.207. The van der Waals surface area contributed by atoms with Gasteiger partial charge in [-0.05, 0) is 51.0 Å². The quantitative estimate of drug-likeness (QED) is 0.797. The largest absolute Gasteiger partial charge is 0.381 e. The number of ether oxygens (including phenoxy) is 1. The van der Waals surface area contributed by atoms with E-state index in [-0.39, 0.29) is 5.91 Å². The fourth-order valence-electron chi connectivity index (χ4n) is 3.73. The summed E-state index contributed by atoms with van der Waals surface area (Å²) in [5.74, 6) is 0.207. The summed E-state index contributed by atoms with van der Waals surface area (Å²) in [6.07, 6.45) is 4.59. The van der Waals surface area contributed by atoms with Crippen LogP contribution in [0.1, 0.15) is 47.4 Å². The molecular formula is C17H26N2O2. The third-order valence-corrected chi connectivity index (χ3v) is 5.67. The van der Waals surface area contributed by atoms with Gasteiger partial charge in [0.2, 0.25) is 0 Å². The van der Waals surface area contributed by atoms with Gasteiger partial charge in [-0.3, -0.25) is 4.79 Å². The van der Waals surface area contributed by atoms with E-state index in [0.717, 1.165) is 56.1 Å². The molecule has 0 aliphatic carbocycles. The second-order valence-corrected chi connectivity index (χ2v) is 6.75. The van der Waals surface area contributed by atoms with Gasteiger partial charge in [0.25, 0.3) is 5.91 Å². The van der Waals surface area contributed by atoms with Gasteiger partial charge in [-0.15, -0.1) is 0 Å². The Bertz CT molecular complexity index is 531. The van der Waals surface area contributed by atoms with Gasteiger partial charge in [0, 0.05) is 44.7 Å². The summed E-state index contributed by atoms with van der Waals surface area (Å²) >= 11 is 0. The summed E-state index contributed by atoms with van der Waals surface area (Å²) in [5, 5.41) is 0. The van der Waals surface area contributed by atoms with E-state index in [1.807, 2.05) is 24.9 Å². The summed E-state index contributed by atoms with van der Waals surface area (Å²) in [5.41, 5.74) is 3.53. The highest BCUT2D eigenvalue weighted by atomic mass is 16.5. The number of hydrogen-bond donors (Lipinski definition) is 0. The Labute approximate surface area is 127 Å². The first kappa shape index (κ1) is 14.6. The van der Waals surface area contributed by atoms with E-state index in [2.05, 4.69) is 11.5 Å². The van der Waals surface area contributed by atoms with Gasteiger partial charge in [0.15, 0.2) is 0 Å². The van der Waals surface area contributed by atoms with Crippen molar-refractivity contribution in [2.75, 3.05) is 26.3 Å². The lowest BCUT2D eigenvalue weighted by Gasteiger charge is -2.44. The minimum Gasteiger partial charge on any atom is -0.381 e. The smallest absolute Gasteiger partial charge is 0.255 e. The number of carbonyl (C=O) groups is 1. The molecule has 116 valence electrons. The van der Waals surface area contributed by atoms with Gasteiger partial charge in [-0.1, -0.05) is 0 Å². The zero-order chi connectivity index (χ0) is 15.0. The Hall–Kier alpha value is -1.29. The molecule has 0 aromatic carbocycles. The fourth-order valence-corrected chi connectivity index (χ4v) is 3.73. The lowest BCUT2D eigenvalue weighted by Crippen LogP contribution is -2.45. The Morgan fingerprint density at radius 3 is 2.29 bits per heavy atom. The molecule has 2 aliphatic heterocycles. The molecule has 0 saturated carbocycles. The third kappa shape index (κ3) is 2.61. The van der Waals surface area contributed by atoms with Gasteiger partial charge >= 0.3 is 0 Å². The molecule has 0 N–H and O–H groups in total. The van der Waals surface area contributed by atoms with Crippen LogP contribution in [0.15, 0.2) is 6.07 Å². The summed E-state index contributed by atoms with van der Waals surface area (Å²) < 4.78 is 7.58. The number of hydrogen-bond acceptors (Lipinski definition) is 2. The first-order valence-corrected chi connectivity index (χ1v) is 8.02. The molecule has 1 amide bonds.